The Balaban J connectivity index is 1.70. The van der Waals surface area contributed by atoms with Gasteiger partial charge < -0.3 is 19.5 Å². The third kappa shape index (κ3) is 4.36. The highest BCUT2D eigenvalue weighted by atomic mass is 16.5. The van der Waals surface area contributed by atoms with Crippen molar-refractivity contribution < 1.29 is 23.8 Å². The fraction of sp³-hybridized carbons (Fsp3) is 0.143. The van der Waals surface area contributed by atoms with E-state index < -0.39 is 5.97 Å². The van der Waals surface area contributed by atoms with Crippen LogP contribution in [0.4, 0.5) is 5.69 Å². The first-order chi connectivity index (χ1) is 13.1. The molecule has 0 aliphatic rings. The zero-order valence-corrected chi connectivity index (χ0v) is 15.0. The highest BCUT2D eigenvalue weighted by Gasteiger charge is 2.15. The standard InChI is InChI=1S/C21H19NO5/c1-25-17-9-10-18(21(24)26-2)19(12-17)27-13-20(23)22-16-8-7-14-5-3-4-6-15(14)11-16/h3-12H,13H2,1-2H3,(H,22,23). The summed E-state index contributed by atoms with van der Waals surface area (Å²) in [6, 6.07) is 18.2. The summed E-state index contributed by atoms with van der Waals surface area (Å²) in [5.41, 5.74) is 0.887. The number of rotatable bonds is 6. The Hall–Kier alpha value is -3.54. The van der Waals surface area contributed by atoms with Crippen molar-refractivity contribution in [2.75, 3.05) is 26.1 Å². The zero-order valence-electron chi connectivity index (χ0n) is 15.0. The summed E-state index contributed by atoms with van der Waals surface area (Å²) in [5.74, 6) is -0.172. The second kappa shape index (κ2) is 8.23. The molecule has 0 atom stereocenters. The van der Waals surface area contributed by atoms with Crippen LogP contribution in [0.2, 0.25) is 0 Å². The molecule has 138 valence electrons. The van der Waals surface area contributed by atoms with E-state index in [1.807, 2.05) is 42.5 Å². The largest absolute Gasteiger partial charge is 0.497 e. The molecule has 0 radical (unpaired) electrons. The summed E-state index contributed by atoms with van der Waals surface area (Å²) in [5, 5.41) is 4.90. The average molecular weight is 365 g/mol. The van der Waals surface area contributed by atoms with Gasteiger partial charge in [-0.3, -0.25) is 4.79 Å². The Bertz CT molecular complexity index is 983. The number of methoxy groups -OCH3 is 2. The quantitative estimate of drug-likeness (QED) is 0.675. The molecule has 0 bridgehead atoms. The maximum absolute atomic E-state index is 12.2. The van der Waals surface area contributed by atoms with Crippen LogP contribution < -0.4 is 14.8 Å². The summed E-state index contributed by atoms with van der Waals surface area (Å²) in [4.78, 5) is 24.1. The van der Waals surface area contributed by atoms with Gasteiger partial charge in [0.1, 0.15) is 17.1 Å². The molecule has 0 saturated carbocycles. The van der Waals surface area contributed by atoms with Crippen molar-refractivity contribution in [2.45, 2.75) is 0 Å². The van der Waals surface area contributed by atoms with Crippen LogP contribution in [0.1, 0.15) is 10.4 Å². The minimum Gasteiger partial charge on any atom is -0.497 e. The van der Waals surface area contributed by atoms with Crippen molar-refractivity contribution in [1.29, 1.82) is 0 Å². The first-order valence-electron chi connectivity index (χ1n) is 8.28. The van der Waals surface area contributed by atoms with E-state index in [1.165, 1.54) is 26.4 Å². The Morgan fingerprint density at radius 2 is 1.70 bits per heavy atom. The minimum absolute atomic E-state index is 0.217. The highest BCUT2D eigenvalue weighted by molar-refractivity contribution is 5.96. The van der Waals surface area contributed by atoms with Crippen LogP contribution in [0, 0.1) is 0 Å². The van der Waals surface area contributed by atoms with Crippen LogP contribution in [0.5, 0.6) is 11.5 Å². The molecule has 0 aromatic heterocycles. The first kappa shape index (κ1) is 18.3. The maximum Gasteiger partial charge on any atom is 0.341 e. The van der Waals surface area contributed by atoms with Gasteiger partial charge in [-0.05, 0) is 35.0 Å². The molecule has 3 rings (SSSR count). The van der Waals surface area contributed by atoms with E-state index in [4.69, 9.17) is 14.2 Å². The molecule has 3 aromatic rings. The molecule has 0 unspecified atom stereocenters. The summed E-state index contributed by atoms with van der Waals surface area (Å²) < 4.78 is 15.4. The van der Waals surface area contributed by atoms with Gasteiger partial charge in [0, 0.05) is 11.8 Å². The van der Waals surface area contributed by atoms with E-state index in [1.54, 1.807) is 6.07 Å². The lowest BCUT2D eigenvalue weighted by Crippen LogP contribution is -2.21. The monoisotopic (exact) mass is 365 g/mol. The topological polar surface area (TPSA) is 73.9 Å². The van der Waals surface area contributed by atoms with E-state index in [9.17, 15) is 9.59 Å². The van der Waals surface area contributed by atoms with Gasteiger partial charge in [0.15, 0.2) is 6.61 Å². The SMILES string of the molecule is COC(=O)c1ccc(OC)cc1OCC(=O)Nc1ccc2ccccc2c1. The van der Waals surface area contributed by atoms with E-state index in [-0.39, 0.29) is 23.8 Å². The van der Waals surface area contributed by atoms with Crippen molar-refractivity contribution >= 4 is 28.3 Å². The van der Waals surface area contributed by atoms with Gasteiger partial charge in [0.25, 0.3) is 5.91 Å². The maximum atomic E-state index is 12.2. The Kier molecular flexibility index (Phi) is 5.56. The van der Waals surface area contributed by atoms with Crippen molar-refractivity contribution in [3.05, 3.63) is 66.2 Å². The number of nitrogens with one attached hydrogen (secondary N) is 1. The van der Waals surface area contributed by atoms with E-state index in [0.717, 1.165) is 10.8 Å². The number of hydrogen-bond acceptors (Lipinski definition) is 5. The summed E-state index contributed by atoms with van der Waals surface area (Å²) in [7, 11) is 2.78. The molecule has 1 N–H and O–H groups in total. The average Bonchev–Trinajstić information content (AvgIpc) is 2.71. The second-order valence-electron chi connectivity index (χ2n) is 5.75. The van der Waals surface area contributed by atoms with Crippen LogP contribution in [0.3, 0.4) is 0 Å². The molecule has 27 heavy (non-hydrogen) atoms. The Morgan fingerprint density at radius 1 is 0.926 bits per heavy atom. The number of benzene rings is 3. The van der Waals surface area contributed by atoms with Crippen molar-refractivity contribution in [3.63, 3.8) is 0 Å². The molecular formula is C21H19NO5. The summed E-state index contributed by atoms with van der Waals surface area (Å²) >= 11 is 0. The molecule has 0 spiro atoms. The molecular weight excluding hydrogens is 346 g/mol. The third-order valence-corrected chi connectivity index (χ3v) is 3.99. The smallest absolute Gasteiger partial charge is 0.341 e. The van der Waals surface area contributed by atoms with E-state index >= 15 is 0 Å². The number of fused-ring (bicyclic) bond motifs is 1. The van der Waals surface area contributed by atoms with Crippen molar-refractivity contribution in [3.8, 4) is 11.5 Å². The van der Waals surface area contributed by atoms with Gasteiger partial charge in [-0.25, -0.2) is 4.79 Å². The second-order valence-corrected chi connectivity index (χ2v) is 5.75. The predicted molar refractivity (Wildman–Crippen MR) is 102 cm³/mol. The van der Waals surface area contributed by atoms with Gasteiger partial charge in [0.05, 0.1) is 14.2 Å². The number of carbonyl (C=O) groups is 2. The van der Waals surface area contributed by atoms with Gasteiger partial charge >= 0.3 is 5.97 Å². The molecule has 1 amide bonds. The van der Waals surface area contributed by atoms with Crippen LogP contribution in [-0.4, -0.2) is 32.7 Å². The van der Waals surface area contributed by atoms with Crippen LogP contribution in [-0.2, 0) is 9.53 Å². The fourth-order valence-electron chi connectivity index (χ4n) is 2.64. The van der Waals surface area contributed by atoms with Crippen LogP contribution in [0.15, 0.2) is 60.7 Å². The minimum atomic E-state index is -0.553. The molecule has 0 saturated heterocycles. The molecule has 0 fully saturated rings. The molecule has 0 aliphatic heterocycles. The molecule has 0 heterocycles. The van der Waals surface area contributed by atoms with Crippen molar-refractivity contribution in [2.24, 2.45) is 0 Å². The summed E-state index contributed by atoms with van der Waals surface area (Å²) in [6.45, 7) is -0.260. The van der Waals surface area contributed by atoms with Crippen molar-refractivity contribution in [1.82, 2.24) is 0 Å². The zero-order chi connectivity index (χ0) is 19.2. The number of hydrogen-bond donors (Lipinski definition) is 1. The first-order valence-corrected chi connectivity index (χ1v) is 8.28. The Labute approximate surface area is 156 Å². The van der Waals surface area contributed by atoms with E-state index in [0.29, 0.717) is 11.4 Å². The number of esters is 1. The fourth-order valence-corrected chi connectivity index (χ4v) is 2.64. The molecule has 6 nitrogen and oxygen atoms in total. The third-order valence-electron chi connectivity index (χ3n) is 3.99. The van der Waals surface area contributed by atoms with Crippen LogP contribution >= 0.6 is 0 Å². The molecule has 0 aliphatic carbocycles. The highest BCUT2D eigenvalue weighted by Crippen LogP contribution is 2.25. The molecule has 3 aromatic carbocycles. The molecule has 6 heteroatoms. The predicted octanol–water partition coefficient (Wildman–Crippen LogP) is 3.65. The Morgan fingerprint density at radius 3 is 2.44 bits per heavy atom. The van der Waals surface area contributed by atoms with E-state index in [2.05, 4.69) is 5.32 Å². The lowest BCUT2D eigenvalue weighted by atomic mass is 10.1. The summed E-state index contributed by atoms with van der Waals surface area (Å²) in [6.07, 6.45) is 0. The number of anilines is 1. The number of ether oxygens (including phenoxy) is 3. The normalized spacial score (nSPS) is 10.3. The lowest BCUT2D eigenvalue weighted by Gasteiger charge is -2.12. The number of carbonyl (C=O) groups excluding carboxylic acids is 2. The van der Waals surface area contributed by atoms with Gasteiger partial charge in [-0.2, -0.15) is 0 Å². The number of amides is 1. The lowest BCUT2D eigenvalue weighted by molar-refractivity contribution is -0.118. The van der Waals surface area contributed by atoms with Crippen LogP contribution in [0.25, 0.3) is 10.8 Å². The van der Waals surface area contributed by atoms with Gasteiger partial charge in [-0.1, -0.05) is 30.3 Å². The van der Waals surface area contributed by atoms with Gasteiger partial charge in [0.2, 0.25) is 0 Å². The van der Waals surface area contributed by atoms with Gasteiger partial charge in [-0.15, -0.1) is 0 Å².